The molecule has 1 aromatic carbocycles. The SMILES string of the molecule is O=S(=O)(c1ccc(N=c2scc(-c3cccs3)n2N=Cc2ccc[nH]2)cc1)N1CCOCC1. The van der Waals surface area contributed by atoms with E-state index in [0.717, 1.165) is 16.3 Å². The third-order valence-electron chi connectivity index (χ3n) is 5.06. The van der Waals surface area contributed by atoms with Gasteiger partial charge in [-0.2, -0.15) is 9.41 Å². The van der Waals surface area contributed by atoms with Crippen LogP contribution in [-0.4, -0.2) is 54.9 Å². The summed E-state index contributed by atoms with van der Waals surface area (Å²) in [6, 6.07) is 14.5. The van der Waals surface area contributed by atoms with E-state index in [1.54, 1.807) is 46.5 Å². The number of ether oxygens (including phenoxy) is 1. The van der Waals surface area contributed by atoms with Gasteiger partial charge in [-0.1, -0.05) is 6.07 Å². The second kappa shape index (κ2) is 9.57. The summed E-state index contributed by atoms with van der Waals surface area (Å²) in [5.41, 5.74) is 2.48. The van der Waals surface area contributed by atoms with Crippen LogP contribution in [-0.2, 0) is 14.8 Å². The van der Waals surface area contributed by atoms with Gasteiger partial charge in [-0.3, -0.25) is 0 Å². The van der Waals surface area contributed by atoms with Crippen molar-refractivity contribution in [3.63, 3.8) is 0 Å². The first-order valence-corrected chi connectivity index (χ1v) is 13.5. The van der Waals surface area contributed by atoms with Crippen molar-refractivity contribution in [1.29, 1.82) is 0 Å². The summed E-state index contributed by atoms with van der Waals surface area (Å²) in [4.78, 5) is 9.88. The van der Waals surface area contributed by atoms with Crippen LogP contribution in [0.1, 0.15) is 5.69 Å². The fraction of sp³-hybridized carbons (Fsp3) is 0.182. The zero-order chi connectivity index (χ0) is 22.7. The van der Waals surface area contributed by atoms with Gasteiger partial charge >= 0.3 is 0 Å². The van der Waals surface area contributed by atoms with E-state index in [2.05, 4.69) is 10.1 Å². The molecule has 1 aliphatic heterocycles. The van der Waals surface area contributed by atoms with Gasteiger partial charge in [0.05, 0.1) is 46.3 Å². The van der Waals surface area contributed by atoms with Gasteiger partial charge in [-0.05, 0) is 47.8 Å². The number of thiophene rings is 1. The highest BCUT2D eigenvalue weighted by molar-refractivity contribution is 7.89. The highest BCUT2D eigenvalue weighted by Gasteiger charge is 2.26. The van der Waals surface area contributed by atoms with Gasteiger partial charge in [0.1, 0.15) is 0 Å². The molecule has 11 heteroatoms. The molecule has 4 heterocycles. The van der Waals surface area contributed by atoms with Crippen molar-refractivity contribution < 1.29 is 13.2 Å². The molecule has 8 nitrogen and oxygen atoms in total. The van der Waals surface area contributed by atoms with Crippen LogP contribution in [0.3, 0.4) is 0 Å². The Morgan fingerprint density at radius 1 is 1.03 bits per heavy atom. The van der Waals surface area contributed by atoms with Crippen molar-refractivity contribution in [2.45, 2.75) is 4.90 Å². The number of thiazole rings is 1. The lowest BCUT2D eigenvalue weighted by Gasteiger charge is -2.26. The first kappa shape index (κ1) is 22.0. The minimum Gasteiger partial charge on any atom is -0.379 e. The Morgan fingerprint density at radius 2 is 1.85 bits per heavy atom. The standard InChI is InChI=1S/C22H21N5O3S3/c28-33(29,26-10-12-30-13-11-26)19-7-5-17(6-8-19)25-22-27(24-15-18-3-1-9-23-18)20(16-32-22)21-4-2-14-31-21/h1-9,14-16,23H,10-13H2. The molecule has 0 saturated carbocycles. The molecular formula is C22H21N5O3S3. The average Bonchev–Trinajstić information content (AvgIpc) is 3.61. The molecule has 4 aromatic rings. The van der Waals surface area contributed by atoms with Crippen molar-refractivity contribution in [2.24, 2.45) is 10.1 Å². The molecule has 0 amide bonds. The first-order valence-electron chi connectivity index (χ1n) is 10.3. The van der Waals surface area contributed by atoms with E-state index in [-0.39, 0.29) is 4.90 Å². The molecule has 1 saturated heterocycles. The molecule has 170 valence electrons. The van der Waals surface area contributed by atoms with E-state index < -0.39 is 10.0 Å². The smallest absolute Gasteiger partial charge is 0.243 e. The minimum atomic E-state index is -3.54. The molecule has 0 aliphatic carbocycles. The van der Waals surface area contributed by atoms with Gasteiger partial charge in [0.2, 0.25) is 14.8 Å². The van der Waals surface area contributed by atoms with E-state index in [0.29, 0.717) is 36.8 Å². The van der Waals surface area contributed by atoms with Crippen LogP contribution in [0.2, 0.25) is 0 Å². The predicted octanol–water partition coefficient (Wildman–Crippen LogP) is 3.74. The zero-order valence-corrected chi connectivity index (χ0v) is 19.9. The number of aromatic amines is 1. The number of nitrogens with zero attached hydrogens (tertiary/aromatic N) is 4. The van der Waals surface area contributed by atoms with Gasteiger partial charge < -0.3 is 9.72 Å². The summed E-state index contributed by atoms with van der Waals surface area (Å²) < 4.78 is 34.2. The molecule has 0 unspecified atom stereocenters. The first-order chi connectivity index (χ1) is 16.1. The second-order valence-electron chi connectivity index (χ2n) is 7.18. The van der Waals surface area contributed by atoms with E-state index in [9.17, 15) is 8.42 Å². The van der Waals surface area contributed by atoms with Crippen LogP contribution in [0, 0.1) is 0 Å². The summed E-state index contributed by atoms with van der Waals surface area (Å²) in [6.45, 7) is 1.57. The third kappa shape index (κ3) is 4.77. The molecule has 1 N–H and O–H groups in total. The molecular weight excluding hydrogens is 478 g/mol. The number of sulfonamides is 1. The van der Waals surface area contributed by atoms with Gasteiger partial charge in [-0.25, -0.2) is 18.1 Å². The number of aromatic nitrogens is 2. The Labute approximate surface area is 199 Å². The van der Waals surface area contributed by atoms with Crippen LogP contribution < -0.4 is 4.80 Å². The summed E-state index contributed by atoms with van der Waals surface area (Å²) in [6.07, 6.45) is 3.60. The summed E-state index contributed by atoms with van der Waals surface area (Å²) in [5, 5.41) is 8.69. The normalized spacial score (nSPS) is 16.1. The molecule has 3 aromatic heterocycles. The number of hydrogen-bond donors (Lipinski definition) is 1. The fourth-order valence-electron chi connectivity index (χ4n) is 3.37. The lowest BCUT2D eigenvalue weighted by Crippen LogP contribution is -2.40. The van der Waals surface area contributed by atoms with Crippen molar-refractivity contribution in [3.05, 3.63) is 76.0 Å². The number of hydrogen-bond acceptors (Lipinski definition) is 7. The predicted molar refractivity (Wildman–Crippen MR) is 131 cm³/mol. The third-order valence-corrected chi connectivity index (χ3v) is 8.68. The van der Waals surface area contributed by atoms with Crippen molar-refractivity contribution in [2.75, 3.05) is 26.3 Å². The van der Waals surface area contributed by atoms with Gasteiger partial charge in [-0.15, -0.1) is 22.7 Å². The van der Waals surface area contributed by atoms with Gasteiger partial charge in [0.25, 0.3) is 0 Å². The van der Waals surface area contributed by atoms with E-state index in [1.807, 2.05) is 41.2 Å². The molecule has 33 heavy (non-hydrogen) atoms. The fourth-order valence-corrected chi connectivity index (χ4v) is 6.42. The monoisotopic (exact) mass is 499 g/mol. The number of morpholine rings is 1. The number of rotatable bonds is 6. The van der Waals surface area contributed by atoms with Crippen molar-refractivity contribution >= 4 is 44.6 Å². The van der Waals surface area contributed by atoms with Gasteiger partial charge in [0, 0.05) is 24.7 Å². The van der Waals surface area contributed by atoms with Crippen LogP contribution in [0.15, 0.2) is 80.5 Å². The van der Waals surface area contributed by atoms with Crippen LogP contribution in [0.25, 0.3) is 10.6 Å². The molecule has 1 fully saturated rings. The number of nitrogens with one attached hydrogen (secondary N) is 1. The molecule has 0 radical (unpaired) electrons. The van der Waals surface area contributed by atoms with E-state index >= 15 is 0 Å². The Morgan fingerprint density at radius 3 is 2.55 bits per heavy atom. The lowest BCUT2D eigenvalue weighted by molar-refractivity contribution is 0.0730. The average molecular weight is 500 g/mol. The Hall–Kier alpha value is -2.83. The molecule has 5 rings (SSSR count). The summed E-state index contributed by atoms with van der Waals surface area (Å²) >= 11 is 3.11. The molecule has 1 aliphatic rings. The van der Waals surface area contributed by atoms with Crippen LogP contribution in [0.5, 0.6) is 0 Å². The van der Waals surface area contributed by atoms with Crippen LogP contribution >= 0.6 is 22.7 Å². The molecule has 0 bridgehead atoms. The maximum atomic E-state index is 12.9. The maximum absolute atomic E-state index is 12.9. The highest BCUT2D eigenvalue weighted by Crippen LogP contribution is 2.26. The molecule has 0 atom stereocenters. The lowest BCUT2D eigenvalue weighted by atomic mass is 10.3. The number of H-pyrrole nitrogens is 1. The van der Waals surface area contributed by atoms with Crippen LogP contribution in [0.4, 0.5) is 5.69 Å². The topological polar surface area (TPSA) is 92.0 Å². The van der Waals surface area contributed by atoms with E-state index in [4.69, 9.17) is 9.73 Å². The minimum absolute atomic E-state index is 0.256. The second-order valence-corrected chi connectivity index (χ2v) is 10.9. The van der Waals surface area contributed by atoms with Crippen molar-refractivity contribution in [1.82, 2.24) is 14.0 Å². The van der Waals surface area contributed by atoms with Gasteiger partial charge in [0.15, 0.2) is 0 Å². The molecule has 0 spiro atoms. The highest BCUT2D eigenvalue weighted by atomic mass is 32.2. The summed E-state index contributed by atoms with van der Waals surface area (Å²) in [5.74, 6) is 0. The quantitative estimate of drug-likeness (QED) is 0.410. The van der Waals surface area contributed by atoms with Crippen molar-refractivity contribution in [3.8, 4) is 10.6 Å². The largest absolute Gasteiger partial charge is 0.379 e. The Kier molecular flexibility index (Phi) is 6.38. The zero-order valence-electron chi connectivity index (χ0n) is 17.5. The number of benzene rings is 1. The maximum Gasteiger partial charge on any atom is 0.243 e. The van der Waals surface area contributed by atoms with E-state index in [1.165, 1.54) is 15.6 Å². The Bertz CT molecular complexity index is 1390. The Balaban J connectivity index is 1.49. The summed E-state index contributed by atoms with van der Waals surface area (Å²) in [7, 11) is -3.54.